The fourth-order valence-electron chi connectivity index (χ4n) is 4.45. The summed E-state index contributed by atoms with van der Waals surface area (Å²) < 4.78 is 2.08. The molecule has 1 aliphatic carbocycles. The van der Waals surface area contributed by atoms with Crippen molar-refractivity contribution in [3.63, 3.8) is 0 Å². The Morgan fingerprint density at radius 3 is 2.38 bits per heavy atom. The molecule has 0 bridgehead atoms. The lowest BCUT2D eigenvalue weighted by Crippen LogP contribution is -2.52. The minimum atomic E-state index is 0.161. The zero-order valence-electron chi connectivity index (χ0n) is 15.5. The number of para-hydroxylation sites is 1. The molecule has 1 saturated carbocycles. The molecule has 138 valence electrons. The molecule has 1 aliphatic heterocycles. The van der Waals surface area contributed by atoms with Gasteiger partial charge in [0.2, 0.25) is 11.8 Å². The van der Waals surface area contributed by atoms with Crippen LogP contribution in [0.5, 0.6) is 0 Å². The van der Waals surface area contributed by atoms with Crippen LogP contribution in [0.4, 0.5) is 0 Å². The molecule has 5 heteroatoms. The molecule has 0 radical (unpaired) electrons. The van der Waals surface area contributed by atoms with E-state index in [1.54, 1.807) is 0 Å². The Hall–Kier alpha value is -2.30. The maximum atomic E-state index is 12.8. The number of hydrogen-bond donors (Lipinski definition) is 0. The molecule has 5 nitrogen and oxygen atoms in total. The van der Waals surface area contributed by atoms with Crippen molar-refractivity contribution in [2.75, 3.05) is 26.2 Å². The largest absolute Gasteiger partial charge is 0.350 e. The zero-order valence-corrected chi connectivity index (χ0v) is 15.5. The Morgan fingerprint density at radius 1 is 1.00 bits per heavy atom. The number of aromatic nitrogens is 1. The molecule has 0 spiro atoms. The summed E-state index contributed by atoms with van der Waals surface area (Å²) in [4.78, 5) is 29.2. The van der Waals surface area contributed by atoms with Crippen LogP contribution in [-0.4, -0.2) is 52.4 Å². The van der Waals surface area contributed by atoms with E-state index in [1.807, 2.05) is 29.0 Å². The van der Waals surface area contributed by atoms with Crippen LogP contribution in [0.2, 0.25) is 0 Å². The van der Waals surface area contributed by atoms with Crippen molar-refractivity contribution < 1.29 is 9.59 Å². The van der Waals surface area contributed by atoms with Gasteiger partial charge in [0.05, 0.1) is 6.42 Å². The van der Waals surface area contributed by atoms with Gasteiger partial charge in [-0.1, -0.05) is 31.0 Å². The summed E-state index contributed by atoms with van der Waals surface area (Å²) in [5, 5.41) is 1.15. The Bertz CT molecular complexity index is 812. The van der Waals surface area contributed by atoms with E-state index < -0.39 is 0 Å². The summed E-state index contributed by atoms with van der Waals surface area (Å²) in [5.74, 6) is 0.700. The van der Waals surface area contributed by atoms with Gasteiger partial charge in [0.15, 0.2) is 0 Å². The topological polar surface area (TPSA) is 45.6 Å². The van der Waals surface area contributed by atoms with E-state index in [9.17, 15) is 9.59 Å². The van der Waals surface area contributed by atoms with Crippen molar-refractivity contribution in [2.24, 2.45) is 13.0 Å². The quantitative estimate of drug-likeness (QED) is 0.851. The van der Waals surface area contributed by atoms with Gasteiger partial charge in [-0.15, -0.1) is 0 Å². The number of hydrogen-bond acceptors (Lipinski definition) is 2. The van der Waals surface area contributed by atoms with Crippen LogP contribution in [0, 0.1) is 5.92 Å². The third-order valence-corrected chi connectivity index (χ3v) is 5.97. The number of carbonyl (C=O) groups excluding carboxylic acids is 2. The van der Waals surface area contributed by atoms with Crippen LogP contribution >= 0.6 is 0 Å². The van der Waals surface area contributed by atoms with E-state index in [0.29, 0.717) is 38.5 Å². The maximum absolute atomic E-state index is 12.8. The van der Waals surface area contributed by atoms with E-state index in [1.165, 1.54) is 12.8 Å². The average Bonchev–Trinajstić information content (AvgIpc) is 3.31. The molecule has 2 amide bonds. The van der Waals surface area contributed by atoms with Gasteiger partial charge in [0.25, 0.3) is 0 Å². The van der Waals surface area contributed by atoms with Gasteiger partial charge in [-0.3, -0.25) is 9.59 Å². The molecule has 0 unspecified atom stereocenters. The minimum Gasteiger partial charge on any atom is -0.350 e. The van der Waals surface area contributed by atoms with Crippen molar-refractivity contribution in [3.8, 4) is 0 Å². The highest BCUT2D eigenvalue weighted by Crippen LogP contribution is 2.27. The molecule has 1 aromatic heterocycles. The number of benzene rings is 1. The molecular formula is C21H27N3O2. The zero-order chi connectivity index (χ0) is 18.1. The minimum absolute atomic E-state index is 0.161. The molecule has 2 aromatic rings. The molecule has 0 atom stereocenters. The number of aryl methyl sites for hydroxylation is 1. The third-order valence-electron chi connectivity index (χ3n) is 5.97. The lowest BCUT2D eigenvalue weighted by atomic mass is 10.1. The van der Waals surface area contributed by atoms with Gasteiger partial charge < -0.3 is 14.4 Å². The molecule has 2 heterocycles. The number of carbonyl (C=O) groups is 2. The summed E-state index contributed by atoms with van der Waals surface area (Å²) in [5.41, 5.74) is 2.24. The number of amides is 2. The molecule has 2 fully saturated rings. The number of rotatable bonds is 3. The Morgan fingerprint density at radius 2 is 1.65 bits per heavy atom. The predicted molar refractivity (Wildman–Crippen MR) is 102 cm³/mol. The van der Waals surface area contributed by atoms with E-state index in [-0.39, 0.29) is 11.8 Å². The number of nitrogens with zero attached hydrogens (tertiary/aromatic N) is 3. The maximum Gasteiger partial charge on any atom is 0.227 e. The molecule has 0 N–H and O–H groups in total. The van der Waals surface area contributed by atoms with Crippen LogP contribution in [0.1, 0.15) is 31.2 Å². The summed E-state index contributed by atoms with van der Waals surface area (Å²) in [7, 11) is 2.02. The molecule has 4 rings (SSSR count). The second-order valence-electron chi connectivity index (χ2n) is 7.65. The van der Waals surface area contributed by atoms with Crippen molar-refractivity contribution in [1.82, 2.24) is 14.4 Å². The van der Waals surface area contributed by atoms with Gasteiger partial charge >= 0.3 is 0 Å². The fourth-order valence-corrected chi connectivity index (χ4v) is 4.45. The van der Waals surface area contributed by atoms with Gasteiger partial charge in [-0.2, -0.15) is 0 Å². The summed E-state index contributed by atoms with van der Waals surface area (Å²) >= 11 is 0. The smallest absolute Gasteiger partial charge is 0.227 e. The SMILES string of the molecule is Cn1cc(CC(=O)N2CCN(C(=O)C3CCCC3)CC2)c2ccccc21. The van der Waals surface area contributed by atoms with Crippen molar-refractivity contribution in [3.05, 3.63) is 36.0 Å². The summed E-state index contributed by atoms with van der Waals surface area (Å²) in [6.45, 7) is 2.66. The van der Waals surface area contributed by atoms with E-state index >= 15 is 0 Å². The highest BCUT2D eigenvalue weighted by Gasteiger charge is 2.30. The fraction of sp³-hybridized carbons (Fsp3) is 0.524. The van der Waals surface area contributed by atoms with Crippen LogP contribution in [0.3, 0.4) is 0 Å². The van der Waals surface area contributed by atoms with Gasteiger partial charge in [0, 0.05) is 56.2 Å². The van der Waals surface area contributed by atoms with Crippen LogP contribution in [-0.2, 0) is 23.1 Å². The van der Waals surface area contributed by atoms with Crippen molar-refractivity contribution >= 4 is 22.7 Å². The summed E-state index contributed by atoms with van der Waals surface area (Å²) in [6.07, 6.45) is 6.93. The second kappa shape index (κ2) is 7.14. The van der Waals surface area contributed by atoms with Crippen molar-refractivity contribution in [2.45, 2.75) is 32.1 Å². The Kier molecular flexibility index (Phi) is 4.70. The Labute approximate surface area is 154 Å². The first-order chi connectivity index (χ1) is 12.6. The Balaban J connectivity index is 1.37. The first-order valence-electron chi connectivity index (χ1n) is 9.73. The first kappa shape index (κ1) is 17.1. The average molecular weight is 353 g/mol. The van der Waals surface area contributed by atoms with Gasteiger partial charge in [-0.05, 0) is 24.5 Å². The predicted octanol–water partition coefficient (Wildman–Crippen LogP) is 2.58. The van der Waals surface area contributed by atoms with Crippen LogP contribution < -0.4 is 0 Å². The van der Waals surface area contributed by atoms with Crippen molar-refractivity contribution in [1.29, 1.82) is 0 Å². The van der Waals surface area contributed by atoms with Crippen LogP contribution in [0.15, 0.2) is 30.5 Å². The lowest BCUT2D eigenvalue weighted by molar-refractivity contribution is -0.141. The summed E-state index contributed by atoms with van der Waals surface area (Å²) in [6, 6.07) is 8.20. The molecule has 1 saturated heterocycles. The van der Waals surface area contributed by atoms with Crippen LogP contribution in [0.25, 0.3) is 10.9 Å². The molecule has 1 aromatic carbocycles. The monoisotopic (exact) mass is 353 g/mol. The first-order valence-corrected chi connectivity index (χ1v) is 9.73. The molecule has 2 aliphatic rings. The highest BCUT2D eigenvalue weighted by atomic mass is 16.2. The molecule has 26 heavy (non-hydrogen) atoms. The number of piperazine rings is 1. The number of fused-ring (bicyclic) bond motifs is 1. The van der Waals surface area contributed by atoms with E-state index in [2.05, 4.69) is 22.9 Å². The van der Waals surface area contributed by atoms with Gasteiger partial charge in [-0.25, -0.2) is 0 Å². The normalized spacial score (nSPS) is 18.7. The van der Waals surface area contributed by atoms with Gasteiger partial charge in [0.1, 0.15) is 0 Å². The standard InChI is InChI=1S/C21H27N3O2/c1-22-15-17(18-8-4-5-9-19(18)22)14-20(25)23-10-12-24(13-11-23)21(26)16-6-2-3-7-16/h4-5,8-9,15-16H,2-3,6-7,10-14H2,1H3. The third kappa shape index (κ3) is 3.22. The molecular weight excluding hydrogens is 326 g/mol. The second-order valence-corrected chi connectivity index (χ2v) is 7.65. The highest BCUT2D eigenvalue weighted by molar-refractivity contribution is 5.89. The van der Waals surface area contributed by atoms with E-state index in [4.69, 9.17) is 0 Å². The van der Waals surface area contributed by atoms with E-state index in [0.717, 1.165) is 29.3 Å². The lowest BCUT2D eigenvalue weighted by Gasteiger charge is -2.36.